The molecule has 1 heterocycles. The van der Waals surface area contributed by atoms with Crippen molar-refractivity contribution in [1.29, 1.82) is 0 Å². The fourth-order valence-corrected chi connectivity index (χ4v) is 2.88. The molecule has 0 saturated carbocycles. The van der Waals surface area contributed by atoms with Gasteiger partial charge in [-0.15, -0.1) is 6.58 Å². The first kappa shape index (κ1) is 20.2. The number of hydrogen-bond donors (Lipinski definition) is 1. The van der Waals surface area contributed by atoms with Crippen molar-refractivity contribution in [2.75, 3.05) is 6.54 Å². The largest absolute Gasteiger partial charge is 0.442 e. The molecule has 0 aliphatic carbocycles. The number of hydrogen-bond acceptors (Lipinski definition) is 3. The second-order valence-electron chi connectivity index (χ2n) is 6.15. The lowest BCUT2D eigenvalue weighted by atomic mass is 10.1. The molecule has 9 heteroatoms. The van der Waals surface area contributed by atoms with Gasteiger partial charge in [0.1, 0.15) is 11.7 Å². The van der Waals surface area contributed by atoms with Crippen LogP contribution < -0.4 is 5.32 Å². The van der Waals surface area contributed by atoms with Crippen molar-refractivity contribution < 1.29 is 27.2 Å². The van der Waals surface area contributed by atoms with Crippen molar-refractivity contribution in [3.63, 3.8) is 0 Å². The van der Waals surface area contributed by atoms with Crippen LogP contribution in [0.5, 0.6) is 0 Å². The summed E-state index contributed by atoms with van der Waals surface area (Å²) in [5.41, 5.74) is -3.97. The van der Waals surface area contributed by atoms with E-state index in [-0.39, 0.29) is 17.9 Å². The van der Waals surface area contributed by atoms with E-state index < -0.39 is 35.0 Å². The summed E-state index contributed by atoms with van der Waals surface area (Å²) in [5.74, 6) is -4.22. The number of carbonyl (C=O) groups excluding carboxylic acids is 2. The van der Waals surface area contributed by atoms with Crippen LogP contribution in [0.15, 0.2) is 72.2 Å². The number of nitrogens with one attached hydrogen (secondary N) is 1. The molecule has 0 fully saturated rings. The van der Waals surface area contributed by atoms with Crippen molar-refractivity contribution >= 4 is 17.6 Å². The Kier molecular flexibility index (Phi) is 5.23. The molecule has 1 aliphatic rings. The van der Waals surface area contributed by atoms with E-state index in [1.54, 1.807) is 23.5 Å². The van der Waals surface area contributed by atoms with Gasteiger partial charge in [0.25, 0.3) is 11.8 Å². The summed E-state index contributed by atoms with van der Waals surface area (Å²) >= 11 is 0. The normalized spacial score (nSPS) is 19.1. The van der Waals surface area contributed by atoms with Gasteiger partial charge in [0.05, 0.1) is 5.56 Å². The smallest absolute Gasteiger partial charge is 0.312 e. The van der Waals surface area contributed by atoms with Gasteiger partial charge in [0, 0.05) is 12.1 Å². The molecule has 29 heavy (non-hydrogen) atoms. The van der Waals surface area contributed by atoms with E-state index in [0.717, 1.165) is 17.0 Å². The SMILES string of the molecule is C=CCN1C(=O)[C@](NC(=O)c2ccccc2F)(C(F)(F)F)N=C1c1ccccc1. The summed E-state index contributed by atoms with van der Waals surface area (Å²) < 4.78 is 56.1. The van der Waals surface area contributed by atoms with Crippen LogP contribution in [0.25, 0.3) is 0 Å². The van der Waals surface area contributed by atoms with E-state index >= 15 is 0 Å². The maximum atomic E-state index is 14.1. The first-order valence-corrected chi connectivity index (χ1v) is 8.43. The quantitative estimate of drug-likeness (QED) is 0.613. The highest BCUT2D eigenvalue weighted by Gasteiger charge is 2.67. The summed E-state index contributed by atoms with van der Waals surface area (Å²) in [4.78, 5) is 29.6. The minimum absolute atomic E-state index is 0.244. The maximum Gasteiger partial charge on any atom is 0.442 e. The summed E-state index contributed by atoms with van der Waals surface area (Å²) in [6, 6.07) is 12.3. The number of halogens is 4. The number of alkyl halides is 3. The monoisotopic (exact) mass is 405 g/mol. The van der Waals surface area contributed by atoms with Gasteiger partial charge >= 0.3 is 11.8 Å². The minimum Gasteiger partial charge on any atom is -0.312 e. The van der Waals surface area contributed by atoms with Crippen LogP contribution in [-0.2, 0) is 4.79 Å². The highest BCUT2D eigenvalue weighted by atomic mass is 19.4. The topological polar surface area (TPSA) is 61.8 Å². The third kappa shape index (κ3) is 3.51. The van der Waals surface area contributed by atoms with Crippen LogP contribution in [0.4, 0.5) is 17.6 Å². The summed E-state index contributed by atoms with van der Waals surface area (Å²) in [6.45, 7) is 3.19. The van der Waals surface area contributed by atoms with Crippen LogP contribution in [0.1, 0.15) is 15.9 Å². The Morgan fingerprint density at radius 3 is 2.34 bits per heavy atom. The first-order valence-electron chi connectivity index (χ1n) is 8.43. The lowest BCUT2D eigenvalue weighted by Gasteiger charge is -2.29. The summed E-state index contributed by atoms with van der Waals surface area (Å²) in [5, 5.41) is 1.61. The lowest BCUT2D eigenvalue weighted by molar-refractivity contribution is -0.196. The number of benzene rings is 2. The molecule has 0 radical (unpaired) electrons. The third-order valence-corrected chi connectivity index (χ3v) is 4.25. The number of amides is 2. The Hall–Kier alpha value is -3.49. The Bertz CT molecular complexity index is 989. The first-order chi connectivity index (χ1) is 13.7. The van der Waals surface area contributed by atoms with Gasteiger partial charge in [0.15, 0.2) is 0 Å². The number of amidine groups is 1. The highest BCUT2D eigenvalue weighted by molar-refractivity contribution is 6.16. The number of nitrogens with zero attached hydrogens (tertiary/aromatic N) is 2. The second kappa shape index (κ2) is 7.50. The number of carbonyl (C=O) groups is 2. The zero-order valence-electron chi connectivity index (χ0n) is 14.9. The van der Waals surface area contributed by atoms with Crippen LogP contribution >= 0.6 is 0 Å². The van der Waals surface area contributed by atoms with Crippen LogP contribution in [0.2, 0.25) is 0 Å². The molecule has 2 aromatic rings. The van der Waals surface area contributed by atoms with Crippen molar-refractivity contribution in [3.8, 4) is 0 Å². The lowest BCUT2D eigenvalue weighted by Crippen LogP contribution is -2.63. The predicted octanol–water partition coefficient (Wildman–Crippen LogP) is 3.29. The molecule has 150 valence electrons. The predicted molar refractivity (Wildman–Crippen MR) is 97.5 cm³/mol. The van der Waals surface area contributed by atoms with Gasteiger partial charge in [-0.05, 0) is 12.1 Å². The zero-order chi connectivity index (χ0) is 21.2. The molecule has 1 atom stereocenters. The highest BCUT2D eigenvalue weighted by Crippen LogP contribution is 2.38. The van der Waals surface area contributed by atoms with E-state index in [1.165, 1.54) is 30.3 Å². The number of aliphatic imine (C=N–C) groups is 1. The molecule has 0 aromatic heterocycles. The molecule has 0 spiro atoms. The van der Waals surface area contributed by atoms with Crippen molar-refractivity contribution in [1.82, 2.24) is 10.2 Å². The Balaban J connectivity index is 2.13. The van der Waals surface area contributed by atoms with E-state index in [1.807, 2.05) is 0 Å². The zero-order valence-corrected chi connectivity index (χ0v) is 14.9. The second-order valence-corrected chi connectivity index (χ2v) is 6.15. The molecule has 0 unspecified atom stereocenters. The third-order valence-electron chi connectivity index (χ3n) is 4.25. The molecule has 1 aliphatic heterocycles. The van der Waals surface area contributed by atoms with Crippen LogP contribution in [0.3, 0.4) is 0 Å². The van der Waals surface area contributed by atoms with Crippen LogP contribution in [0, 0.1) is 5.82 Å². The molecule has 5 nitrogen and oxygen atoms in total. The molecule has 3 rings (SSSR count). The molecule has 2 amide bonds. The van der Waals surface area contributed by atoms with Gasteiger partial charge in [0.2, 0.25) is 0 Å². The molecular formula is C20H15F4N3O2. The van der Waals surface area contributed by atoms with Crippen molar-refractivity contribution in [2.45, 2.75) is 11.8 Å². The fourth-order valence-electron chi connectivity index (χ4n) is 2.88. The van der Waals surface area contributed by atoms with E-state index in [9.17, 15) is 27.2 Å². The average Bonchev–Trinajstić information content (AvgIpc) is 2.96. The van der Waals surface area contributed by atoms with Gasteiger partial charge in [-0.1, -0.05) is 48.5 Å². The summed E-state index contributed by atoms with van der Waals surface area (Å²) in [7, 11) is 0. The van der Waals surface area contributed by atoms with Gasteiger partial charge < -0.3 is 5.32 Å². The number of rotatable bonds is 5. The Morgan fingerprint density at radius 2 is 1.76 bits per heavy atom. The van der Waals surface area contributed by atoms with Gasteiger partial charge in [-0.3, -0.25) is 14.5 Å². The van der Waals surface area contributed by atoms with E-state index in [0.29, 0.717) is 0 Å². The van der Waals surface area contributed by atoms with E-state index in [4.69, 9.17) is 0 Å². The maximum absolute atomic E-state index is 14.1. The Morgan fingerprint density at radius 1 is 1.14 bits per heavy atom. The molecule has 1 N–H and O–H groups in total. The molecule has 0 bridgehead atoms. The summed E-state index contributed by atoms with van der Waals surface area (Å²) in [6.07, 6.45) is -4.04. The molecular weight excluding hydrogens is 390 g/mol. The standard InChI is InChI=1S/C20H15F4N3O2/c1-2-12-27-16(13-8-4-3-5-9-13)25-19(18(27)29,20(22,23)24)26-17(28)14-10-6-7-11-15(14)21/h2-11H,1,12H2,(H,26,28)/t19-/m0/s1. The fraction of sp³-hybridized carbons (Fsp3) is 0.150. The van der Waals surface area contributed by atoms with E-state index in [2.05, 4.69) is 11.6 Å². The Labute approximate surface area is 163 Å². The van der Waals surface area contributed by atoms with Crippen molar-refractivity contribution in [3.05, 3.63) is 84.2 Å². The average molecular weight is 405 g/mol. The minimum atomic E-state index is -5.28. The van der Waals surface area contributed by atoms with Gasteiger partial charge in [-0.2, -0.15) is 13.2 Å². The van der Waals surface area contributed by atoms with Gasteiger partial charge in [-0.25, -0.2) is 9.38 Å². The van der Waals surface area contributed by atoms with Crippen LogP contribution in [-0.4, -0.2) is 40.9 Å². The molecule has 0 saturated heterocycles. The van der Waals surface area contributed by atoms with Crippen molar-refractivity contribution in [2.24, 2.45) is 4.99 Å². The molecule has 2 aromatic carbocycles.